The van der Waals surface area contributed by atoms with E-state index in [2.05, 4.69) is 94.9 Å². The second-order valence-corrected chi connectivity index (χ2v) is 8.22. The predicted octanol–water partition coefficient (Wildman–Crippen LogP) is 5.94. The smallest absolute Gasteiger partial charge is 0.133 e. The molecule has 0 aliphatic carbocycles. The monoisotopic (exact) mass is 421 g/mol. The highest BCUT2D eigenvalue weighted by Crippen LogP contribution is 2.36. The summed E-state index contributed by atoms with van der Waals surface area (Å²) in [6.45, 7) is 4.74. The summed E-state index contributed by atoms with van der Waals surface area (Å²) in [7, 11) is 0. The van der Waals surface area contributed by atoms with Gasteiger partial charge < -0.3 is 15.0 Å². The number of aromatic nitrogens is 1. The predicted molar refractivity (Wildman–Crippen MR) is 131 cm³/mol. The van der Waals surface area contributed by atoms with Crippen molar-refractivity contribution < 1.29 is 4.74 Å². The third-order valence-corrected chi connectivity index (χ3v) is 5.89. The quantitative estimate of drug-likeness (QED) is 0.401. The lowest BCUT2D eigenvalue weighted by atomic mass is 9.96. The molecule has 4 nitrogen and oxygen atoms in total. The lowest BCUT2D eigenvalue weighted by Crippen LogP contribution is -2.54. The van der Waals surface area contributed by atoms with Crippen LogP contribution in [0.25, 0.3) is 11.1 Å². The molecule has 1 fully saturated rings. The Balaban J connectivity index is 1.19. The molecule has 0 unspecified atom stereocenters. The highest BCUT2D eigenvalue weighted by atomic mass is 16.5. The number of aryl methyl sites for hydroxylation is 1. The van der Waals surface area contributed by atoms with Gasteiger partial charge >= 0.3 is 0 Å². The maximum Gasteiger partial charge on any atom is 0.133 e. The van der Waals surface area contributed by atoms with Crippen molar-refractivity contribution in [3.63, 3.8) is 0 Å². The molecular formula is C28H27N3O. The Morgan fingerprint density at radius 1 is 0.906 bits per heavy atom. The van der Waals surface area contributed by atoms with E-state index in [0.717, 1.165) is 31.1 Å². The number of pyridine rings is 1. The molecule has 0 saturated carbocycles. The Kier molecular flexibility index (Phi) is 5.75. The minimum atomic E-state index is 0.207. The van der Waals surface area contributed by atoms with Gasteiger partial charge in [0.1, 0.15) is 11.9 Å². The summed E-state index contributed by atoms with van der Waals surface area (Å²) in [6.07, 6.45) is 3.82. The molecule has 1 aromatic heterocycles. The molecule has 2 heterocycles. The van der Waals surface area contributed by atoms with E-state index in [4.69, 9.17) is 4.74 Å². The van der Waals surface area contributed by atoms with E-state index >= 15 is 0 Å². The molecule has 1 saturated heterocycles. The zero-order valence-electron chi connectivity index (χ0n) is 18.2. The van der Waals surface area contributed by atoms with Gasteiger partial charge in [-0.1, -0.05) is 54.6 Å². The number of rotatable bonds is 7. The van der Waals surface area contributed by atoms with E-state index < -0.39 is 0 Å². The van der Waals surface area contributed by atoms with E-state index in [9.17, 15) is 0 Å². The van der Waals surface area contributed by atoms with Crippen LogP contribution in [0, 0.1) is 6.92 Å². The van der Waals surface area contributed by atoms with E-state index in [1.165, 1.54) is 27.9 Å². The Morgan fingerprint density at radius 3 is 2.47 bits per heavy atom. The van der Waals surface area contributed by atoms with Gasteiger partial charge in [-0.25, -0.2) is 0 Å². The highest BCUT2D eigenvalue weighted by molar-refractivity contribution is 5.82. The molecule has 0 atom stereocenters. The Hall–Kier alpha value is -3.79. The summed E-state index contributed by atoms with van der Waals surface area (Å²) >= 11 is 0. The normalized spacial score (nSPS) is 13.5. The van der Waals surface area contributed by atoms with Gasteiger partial charge in [0.15, 0.2) is 0 Å². The Bertz CT molecular complexity index is 1150. The van der Waals surface area contributed by atoms with Crippen LogP contribution in [0.5, 0.6) is 5.75 Å². The fraction of sp³-hybridized carbons (Fsp3) is 0.179. The molecule has 1 N–H and O–H groups in total. The summed E-state index contributed by atoms with van der Waals surface area (Å²) in [5.41, 5.74) is 7.40. The van der Waals surface area contributed by atoms with Crippen LogP contribution in [0.1, 0.15) is 11.1 Å². The number of benzene rings is 3. The van der Waals surface area contributed by atoms with Crippen LogP contribution in [0.2, 0.25) is 0 Å². The number of anilines is 2. The van der Waals surface area contributed by atoms with Crippen molar-refractivity contribution in [2.24, 2.45) is 0 Å². The van der Waals surface area contributed by atoms with E-state index in [1.54, 1.807) is 6.20 Å². The highest BCUT2D eigenvalue weighted by Gasteiger charge is 2.30. The minimum Gasteiger partial charge on any atom is -0.487 e. The van der Waals surface area contributed by atoms with Gasteiger partial charge in [-0.15, -0.1) is 0 Å². The fourth-order valence-corrected chi connectivity index (χ4v) is 4.16. The van der Waals surface area contributed by atoms with E-state index in [-0.39, 0.29) is 6.10 Å². The summed E-state index contributed by atoms with van der Waals surface area (Å²) < 4.78 is 6.22. The summed E-state index contributed by atoms with van der Waals surface area (Å²) in [5.74, 6) is 0.923. The number of hydrogen-bond donors (Lipinski definition) is 1. The van der Waals surface area contributed by atoms with Crippen molar-refractivity contribution in [3.05, 3.63) is 108 Å². The molecule has 4 heteroatoms. The topological polar surface area (TPSA) is 37.4 Å². The first-order valence-corrected chi connectivity index (χ1v) is 11.1. The molecule has 0 spiro atoms. The largest absolute Gasteiger partial charge is 0.487 e. The standard InChI is InChI=1S/C28H27N3O/c1-21-7-5-11-27(28(21)23-8-3-2-4-9-23)31-19-26(20-31)32-25-14-12-22(13-15-25)17-30-24-10-6-16-29-18-24/h2-16,18,26,30H,17,19-20H2,1H3. The van der Waals surface area contributed by atoms with Crippen LogP contribution in [0.15, 0.2) is 97.3 Å². The molecule has 0 bridgehead atoms. The van der Waals surface area contributed by atoms with Gasteiger partial charge in [-0.05, 0) is 53.9 Å². The van der Waals surface area contributed by atoms with Crippen LogP contribution in [-0.4, -0.2) is 24.2 Å². The third-order valence-electron chi connectivity index (χ3n) is 5.89. The van der Waals surface area contributed by atoms with Gasteiger partial charge in [0.05, 0.1) is 18.8 Å². The van der Waals surface area contributed by atoms with Crippen molar-refractivity contribution >= 4 is 11.4 Å². The van der Waals surface area contributed by atoms with Gasteiger partial charge in [0, 0.05) is 30.2 Å². The molecule has 0 radical (unpaired) electrons. The van der Waals surface area contributed by atoms with Crippen molar-refractivity contribution in [2.45, 2.75) is 19.6 Å². The van der Waals surface area contributed by atoms with Crippen LogP contribution < -0.4 is 15.0 Å². The molecule has 4 aromatic rings. The first kappa shape index (κ1) is 20.1. The van der Waals surface area contributed by atoms with Crippen LogP contribution >= 0.6 is 0 Å². The number of nitrogens with one attached hydrogen (secondary N) is 1. The zero-order chi connectivity index (χ0) is 21.8. The first-order chi connectivity index (χ1) is 15.8. The molecule has 0 amide bonds. The van der Waals surface area contributed by atoms with Crippen molar-refractivity contribution in [1.82, 2.24) is 4.98 Å². The molecule has 160 valence electrons. The van der Waals surface area contributed by atoms with Gasteiger partial charge in [0.25, 0.3) is 0 Å². The van der Waals surface area contributed by atoms with Crippen molar-refractivity contribution in [3.8, 4) is 16.9 Å². The minimum absolute atomic E-state index is 0.207. The van der Waals surface area contributed by atoms with Crippen LogP contribution in [0.3, 0.4) is 0 Å². The molecule has 5 rings (SSSR count). The second-order valence-electron chi connectivity index (χ2n) is 8.22. The Morgan fingerprint density at radius 2 is 1.72 bits per heavy atom. The number of hydrogen-bond acceptors (Lipinski definition) is 4. The molecular weight excluding hydrogens is 394 g/mol. The van der Waals surface area contributed by atoms with E-state index in [1.807, 2.05) is 18.3 Å². The average Bonchev–Trinajstić information content (AvgIpc) is 2.82. The third kappa shape index (κ3) is 4.45. The molecule has 1 aliphatic heterocycles. The van der Waals surface area contributed by atoms with Crippen LogP contribution in [-0.2, 0) is 6.54 Å². The summed E-state index contributed by atoms with van der Waals surface area (Å²) in [6, 6.07) is 29.5. The lowest BCUT2D eigenvalue weighted by molar-refractivity contribution is 0.167. The first-order valence-electron chi connectivity index (χ1n) is 11.1. The SMILES string of the molecule is Cc1cccc(N2CC(Oc3ccc(CNc4cccnc4)cc3)C2)c1-c1ccccc1. The maximum atomic E-state index is 6.22. The molecule has 32 heavy (non-hydrogen) atoms. The maximum absolute atomic E-state index is 6.22. The van der Waals surface area contributed by atoms with Crippen molar-refractivity contribution in [2.75, 3.05) is 23.3 Å². The molecule has 1 aliphatic rings. The number of ether oxygens (including phenoxy) is 1. The molecule has 3 aromatic carbocycles. The van der Waals surface area contributed by atoms with E-state index in [0.29, 0.717) is 0 Å². The van der Waals surface area contributed by atoms with Crippen molar-refractivity contribution in [1.29, 1.82) is 0 Å². The van der Waals surface area contributed by atoms with Gasteiger partial charge in [-0.2, -0.15) is 0 Å². The van der Waals surface area contributed by atoms with Gasteiger partial charge in [0.2, 0.25) is 0 Å². The lowest BCUT2D eigenvalue weighted by Gasteiger charge is -2.42. The fourth-order valence-electron chi connectivity index (χ4n) is 4.16. The number of nitrogens with zero attached hydrogens (tertiary/aromatic N) is 2. The summed E-state index contributed by atoms with van der Waals surface area (Å²) in [4.78, 5) is 6.54. The van der Waals surface area contributed by atoms with Gasteiger partial charge in [-0.3, -0.25) is 4.98 Å². The van der Waals surface area contributed by atoms with Crippen LogP contribution in [0.4, 0.5) is 11.4 Å². The second kappa shape index (κ2) is 9.15. The summed E-state index contributed by atoms with van der Waals surface area (Å²) in [5, 5.41) is 3.38. The Labute approximate surface area is 189 Å². The zero-order valence-corrected chi connectivity index (χ0v) is 18.2. The average molecular weight is 422 g/mol.